The van der Waals surface area contributed by atoms with Gasteiger partial charge in [-0.3, -0.25) is 9.79 Å². The smallest absolute Gasteiger partial charge is 0.243 e. The zero-order valence-corrected chi connectivity index (χ0v) is 16.6. The molecule has 1 amide bonds. The third-order valence-corrected chi connectivity index (χ3v) is 4.65. The van der Waals surface area contributed by atoms with Gasteiger partial charge in [-0.25, -0.2) is 4.39 Å². The predicted octanol–water partition coefficient (Wildman–Crippen LogP) is 2.07. The van der Waals surface area contributed by atoms with Crippen molar-refractivity contribution in [2.45, 2.75) is 12.8 Å². The molecule has 0 aliphatic carbocycles. The average Bonchev–Trinajstić information content (AvgIpc) is 3.19. The van der Waals surface area contributed by atoms with E-state index in [1.54, 1.807) is 19.2 Å². The van der Waals surface area contributed by atoms with E-state index < -0.39 is 0 Å². The average molecular weight is 462 g/mol. The van der Waals surface area contributed by atoms with Crippen molar-refractivity contribution < 1.29 is 13.9 Å². The summed E-state index contributed by atoms with van der Waals surface area (Å²) in [5.74, 6) is 0.103. The molecule has 1 unspecified atom stereocenters. The molecule has 1 aromatic rings. The van der Waals surface area contributed by atoms with Crippen LogP contribution in [0.3, 0.4) is 0 Å². The van der Waals surface area contributed by atoms with Gasteiger partial charge in [-0.2, -0.15) is 0 Å². The van der Waals surface area contributed by atoms with Gasteiger partial charge in [0.1, 0.15) is 5.82 Å². The third kappa shape index (κ3) is 5.04. The van der Waals surface area contributed by atoms with E-state index in [9.17, 15) is 9.18 Å². The van der Waals surface area contributed by atoms with Crippen LogP contribution < -0.4 is 10.6 Å². The highest BCUT2D eigenvalue weighted by Gasteiger charge is 2.42. The quantitative estimate of drug-likeness (QED) is 0.410. The largest absolute Gasteiger partial charge is 0.381 e. The highest BCUT2D eigenvalue weighted by molar-refractivity contribution is 14.0. The Balaban J connectivity index is 0.00000225. The van der Waals surface area contributed by atoms with Gasteiger partial charge in [-0.05, 0) is 31.0 Å². The number of carbonyl (C=O) groups excluding carboxylic acids is 1. The van der Waals surface area contributed by atoms with Gasteiger partial charge in [0.15, 0.2) is 5.96 Å². The molecular weight excluding hydrogens is 438 g/mol. The first-order valence-electron chi connectivity index (χ1n) is 8.19. The van der Waals surface area contributed by atoms with Gasteiger partial charge < -0.3 is 20.3 Å². The molecule has 1 aromatic carbocycles. The first kappa shape index (κ1) is 19.9. The Morgan fingerprint density at radius 3 is 2.96 bits per heavy atom. The SMILES string of the molecule is CN=C(NCC(=O)Nc1cccc(F)c1)N1CCC2(CCOC2)C1.I. The molecule has 0 saturated carbocycles. The van der Waals surface area contributed by atoms with Crippen LogP contribution in [0.15, 0.2) is 29.3 Å². The van der Waals surface area contributed by atoms with Crippen LogP contribution in [-0.4, -0.2) is 56.7 Å². The number of anilines is 1. The van der Waals surface area contributed by atoms with E-state index in [0.29, 0.717) is 11.6 Å². The van der Waals surface area contributed by atoms with Gasteiger partial charge in [0.05, 0.1) is 13.2 Å². The molecule has 2 aliphatic heterocycles. The molecular formula is C17H24FIN4O2. The topological polar surface area (TPSA) is 66.0 Å². The summed E-state index contributed by atoms with van der Waals surface area (Å²) < 4.78 is 18.7. The second-order valence-corrected chi connectivity index (χ2v) is 6.43. The number of hydrogen-bond acceptors (Lipinski definition) is 3. The summed E-state index contributed by atoms with van der Waals surface area (Å²) in [6.45, 7) is 3.53. The minimum absolute atomic E-state index is 0. The summed E-state index contributed by atoms with van der Waals surface area (Å²) in [4.78, 5) is 18.5. The van der Waals surface area contributed by atoms with Gasteiger partial charge in [0.2, 0.25) is 5.91 Å². The maximum Gasteiger partial charge on any atom is 0.243 e. The molecule has 1 atom stereocenters. The van der Waals surface area contributed by atoms with Crippen LogP contribution in [0.5, 0.6) is 0 Å². The number of nitrogens with one attached hydrogen (secondary N) is 2. The van der Waals surface area contributed by atoms with E-state index >= 15 is 0 Å². The zero-order chi connectivity index (χ0) is 17.0. The molecule has 138 valence electrons. The Kier molecular flexibility index (Phi) is 7.00. The van der Waals surface area contributed by atoms with Crippen molar-refractivity contribution in [1.82, 2.24) is 10.2 Å². The maximum absolute atomic E-state index is 13.1. The van der Waals surface area contributed by atoms with Crippen LogP contribution in [-0.2, 0) is 9.53 Å². The van der Waals surface area contributed by atoms with Crippen LogP contribution in [0.2, 0.25) is 0 Å². The predicted molar refractivity (Wildman–Crippen MR) is 106 cm³/mol. The van der Waals surface area contributed by atoms with E-state index in [0.717, 1.165) is 39.1 Å². The molecule has 3 rings (SSSR count). The Bertz CT molecular complexity index is 635. The van der Waals surface area contributed by atoms with E-state index in [-0.39, 0.29) is 47.7 Å². The number of rotatable bonds is 3. The number of carbonyl (C=O) groups is 1. The number of hydrogen-bond donors (Lipinski definition) is 2. The highest BCUT2D eigenvalue weighted by Crippen LogP contribution is 2.38. The number of amides is 1. The first-order chi connectivity index (χ1) is 11.6. The van der Waals surface area contributed by atoms with Gasteiger partial charge in [-0.15, -0.1) is 24.0 Å². The van der Waals surface area contributed by atoms with Crippen LogP contribution in [0.25, 0.3) is 0 Å². The van der Waals surface area contributed by atoms with Crippen LogP contribution >= 0.6 is 24.0 Å². The molecule has 2 heterocycles. The Hall–Kier alpha value is -1.42. The van der Waals surface area contributed by atoms with Crippen molar-refractivity contribution in [3.63, 3.8) is 0 Å². The van der Waals surface area contributed by atoms with E-state index in [4.69, 9.17) is 4.74 Å². The number of halogens is 2. The normalized spacial score (nSPS) is 22.8. The van der Waals surface area contributed by atoms with Crippen molar-refractivity contribution in [3.8, 4) is 0 Å². The lowest BCUT2D eigenvalue weighted by Crippen LogP contribution is -2.44. The molecule has 25 heavy (non-hydrogen) atoms. The van der Waals surface area contributed by atoms with Crippen molar-refractivity contribution in [1.29, 1.82) is 0 Å². The standard InChI is InChI=1S/C17H23FN4O2.HI/c1-19-16(22-7-5-17(11-22)6-8-24-12-17)20-10-15(23)21-14-4-2-3-13(18)9-14;/h2-4,9H,5-8,10-12H2,1H3,(H,19,20)(H,21,23);1H. The van der Waals surface area contributed by atoms with E-state index in [1.165, 1.54) is 12.1 Å². The van der Waals surface area contributed by atoms with E-state index in [1.807, 2.05) is 0 Å². The molecule has 2 saturated heterocycles. The summed E-state index contributed by atoms with van der Waals surface area (Å²) in [6.07, 6.45) is 2.17. The second-order valence-electron chi connectivity index (χ2n) is 6.43. The second kappa shape index (κ2) is 8.79. The Morgan fingerprint density at radius 1 is 1.44 bits per heavy atom. The molecule has 2 fully saturated rings. The number of benzene rings is 1. The van der Waals surface area contributed by atoms with Gasteiger partial charge >= 0.3 is 0 Å². The molecule has 0 aromatic heterocycles. The fourth-order valence-corrected chi connectivity index (χ4v) is 3.35. The van der Waals surface area contributed by atoms with Crippen molar-refractivity contribution >= 4 is 41.5 Å². The molecule has 6 nitrogen and oxygen atoms in total. The number of guanidine groups is 1. The molecule has 0 radical (unpaired) electrons. The number of likely N-dealkylation sites (tertiary alicyclic amines) is 1. The number of nitrogens with zero attached hydrogens (tertiary/aromatic N) is 2. The molecule has 0 bridgehead atoms. The molecule has 2 aliphatic rings. The summed E-state index contributed by atoms with van der Waals surface area (Å²) >= 11 is 0. The molecule has 8 heteroatoms. The van der Waals surface area contributed by atoms with Crippen LogP contribution in [0, 0.1) is 11.2 Å². The fourth-order valence-electron chi connectivity index (χ4n) is 3.35. The summed E-state index contributed by atoms with van der Waals surface area (Å²) in [5, 5.41) is 5.75. The fraction of sp³-hybridized carbons (Fsp3) is 0.529. The summed E-state index contributed by atoms with van der Waals surface area (Å²) in [7, 11) is 1.71. The van der Waals surface area contributed by atoms with Crippen molar-refractivity contribution in [2.75, 3.05) is 45.2 Å². The minimum Gasteiger partial charge on any atom is -0.381 e. The van der Waals surface area contributed by atoms with Crippen LogP contribution in [0.1, 0.15) is 12.8 Å². The Morgan fingerprint density at radius 2 is 2.28 bits per heavy atom. The number of aliphatic imine (C=N–C) groups is 1. The van der Waals surface area contributed by atoms with Gasteiger partial charge in [0.25, 0.3) is 0 Å². The van der Waals surface area contributed by atoms with Gasteiger partial charge in [0, 0.05) is 37.8 Å². The monoisotopic (exact) mass is 462 g/mol. The van der Waals surface area contributed by atoms with E-state index in [2.05, 4.69) is 20.5 Å². The number of ether oxygens (including phenoxy) is 1. The maximum atomic E-state index is 13.1. The zero-order valence-electron chi connectivity index (χ0n) is 14.3. The summed E-state index contributed by atoms with van der Waals surface area (Å²) in [6, 6.07) is 5.84. The lowest BCUT2D eigenvalue weighted by atomic mass is 9.87. The molecule has 2 N–H and O–H groups in total. The van der Waals surface area contributed by atoms with Crippen molar-refractivity contribution in [3.05, 3.63) is 30.1 Å². The highest BCUT2D eigenvalue weighted by atomic mass is 127. The first-order valence-corrected chi connectivity index (χ1v) is 8.19. The Labute approximate surface area is 164 Å². The molecule has 1 spiro atoms. The lowest BCUT2D eigenvalue weighted by molar-refractivity contribution is -0.115. The third-order valence-electron chi connectivity index (χ3n) is 4.65. The van der Waals surface area contributed by atoms with Crippen molar-refractivity contribution in [2.24, 2.45) is 10.4 Å². The van der Waals surface area contributed by atoms with Gasteiger partial charge in [-0.1, -0.05) is 6.07 Å². The lowest BCUT2D eigenvalue weighted by Gasteiger charge is -2.24. The summed E-state index contributed by atoms with van der Waals surface area (Å²) in [5.41, 5.74) is 0.682. The minimum atomic E-state index is -0.377. The van der Waals surface area contributed by atoms with Crippen LogP contribution in [0.4, 0.5) is 10.1 Å².